The molecule has 0 radical (unpaired) electrons. The Kier molecular flexibility index (Phi) is 5.69. The van der Waals surface area contributed by atoms with Crippen LogP contribution in [0, 0.1) is 0 Å². The van der Waals surface area contributed by atoms with Gasteiger partial charge in [-0.2, -0.15) is 0 Å². The van der Waals surface area contributed by atoms with Gasteiger partial charge in [-0.05, 0) is 59.4 Å². The molecule has 1 aliphatic rings. The van der Waals surface area contributed by atoms with Crippen LogP contribution in [0.15, 0.2) is 89.4 Å². The number of carbonyl (C=O) groups is 3. The molecule has 0 fully saturated rings. The van der Waals surface area contributed by atoms with Crippen molar-refractivity contribution in [3.05, 3.63) is 106 Å². The van der Waals surface area contributed by atoms with E-state index < -0.39 is 11.8 Å². The molecule has 5 rings (SSSR count). The summed E-state index contributed by atoms with van der Waals surface area (Å²) in [6, 6.07) is 24.7. The highest BCUT2D eigenvalue weighted by atomic mass is 79.9. The summed E-state index contributed by atoms with van der Waals surface area (Å²) in [7, 11) is 0. The SMILES string of the molecule is O=C(NC(=S)Nc1cccc2c1C(=O)N(c1ccccc1)C2=O)c1cccc2c(Br)cccc12. The van der Waals surface area contributed by atoms with Crippen molar-refractivity contribution in [3.8, 4) is 0 Å². The number of para-hydroxylation sites is 1. The number of benzene rings is 4. The standard InChI is InChI=1S/C26H16BrN3O3S/c27-20-13-5-9-16-17(20)10-4-11-18(16)23(31)29-26(34)28-21-14-6-12-19-22(21)25(33)30(24(19)32)15-7-2-1-3-8-15/h1-14H,(H2,28,29,31,34). The van der Waals surface area contributed by atoms with Gasteiger partial charge in [-0.3, -0.25) is 19.7 Å². The van der Waals surface area contributed by atoms with Crippen molar-refractivity contribution >= 4 is 73.1 Å². The molecule has 4 aromatic rings. The van der Waals surface area contributed by atoms with Gasteiger partial charge in [0.15, 0.2) is 5.11 Å². The predicted molar refractivity (Wildman–Crippen MR) is 139 cm³/mol. The lowest BCUT2D eigenvalue weighted by Gasteiger charge is -2.14. The molecule has 8 heteroatoms. The van der Waals surface area contributed by atoms with Crippen LogP contribution >= 0.6 is 28.1 Å². The first-order valence-corrected chi connectivity index (χ1v) is 11.5. The third-order valence-electron chi connectivity index (χ3n) is 5.52. The van der Waals surface area contributed by atoms with Crippen LogP contribution in [0.1, 0.15) is 31.1 Å². The summed E-state index contributed by atoms with van der Waals surface area (Å²) in [5, 5.41) is 7.28. The molecule has 3 amide bonds. The summed E-state index contributed by atoms with van der Waals surface area (Å²) < 4.78 is 0.881. The molecule has 0 aliphatic carbocycles. The topological polar surface area (TPSA) is 78.5 Å². The van der Waals surface area contributed by atoms with Gasteiger partial charge in [0, 0.05) is 10.0 Å². The van der Waals surface area contributed by atoms with E-state index in [1.165, 1.54) is 0 Å². The summed E-state index contributed by atoms with van der Waals surface area (Å²) in [5.74, 6) is -1.25. The van der Waals surface area contributed by atoms with E-state index in [9.17, 15) is 14.4 Å². The lowest BCUT2D eigenvalue weighted by Crippen LogP contribution is -2.35. The van der Waals surface area contributed by atoms with E-state index in [1.54, 1.807) is 54.6 Å². The smallest absolute Gasteiger partial charge is 0.268 e. The van der Waals surface area contributed by atoms with Gasteiger partial charge >= 0.3 is 0 Å². The molecule has 166 valence electrons. The molecule has 2 N–H and O–H groups in total. The molecular formula is C26H16BrN3O3S. The van der Waals surface area contributed by atoms with Gasteiger partial charge in [-0.1, -0.05) is 64.5 Å². The Hall–Kier alpha value is -3.88. The van der Waals surface area contributed by atoms with Crippen molar-refractivity contribution in [2.75, 3.05) is 10.2 Å². The van der Waals surface area contributed by atoms with Gasteiger partial charge in [-0.15, -0.1) is 0 Å². The molecule has 0 aromatic heterocycles. The number of hydrogen-bond donors (Lipinski definition) is 2. The zero-order chi connectivity index (χ0) is 23.8. The number of carbonyl (C=O) groups excluding carboxylic acids is 3. The first kappa shape index (κ1) is 21.9. The quantitative estimate of drug-likeness (QED) is 0.269. The van der Waals surface area contributed by atoms with Crippen molar-refractivity contribution in [2.45, 2.75) is 0 Å². The lowest BCUT2D eigenvalue weighted by molar-refractivity contribution is 0.0924. The number of nitrogens with zero attached hydrogens (tertiary/aromatic N) is 1. The lowest BCUT2D eigenvalue weighted by atomic mass is 10.0. The fraction of sp³-hybridized carbons (Fsp3) is 0. The first-order chi connectivity index (χ1) is 16.5. The fourth-order valence-electron chi connectivity index (χ4n) is 3.99. The number of anilines is 2. The van der Waals surface area contributed by atoms with Gasteiger partial charge in [0.25, 0.3) is 17.7 Å². The molecule has 1 heterocycles. The summed E-state index contributed by atoms with van der Waals surface area (Å²) in [4.78, 5) is 40.2. The van der Waals surface area contributed by atoms with E-state index in [4.69, 9.17) is 12.2 Å². The van der Waals surface area contributed by atoms with Crippen molar-refractivity contribution in [2.24, 2.45) is 0 Å². The van der Waals surface area contributed by atoms with Gasteiger partial charge in [0.2, 0.25) is 0 Å². The highest BCUT2D eigenvalue weighted by Crippen LogP contribution is 2.33. The van der Waals surface area contributed by atoms with Gasteiger partial charge in [0.1, 0.15) is 0 Å². The Bertz CT molecular complexity index is 1500. The number of imide groups is 1. The zero-order valence-electron chi connectivity index (χ0n) is 17.5. The van der Waals surface area contributed by atoms with Crippen LogP contribution in [0.3, 0.4) is 0 Å². The molecule has 0 saturated heterocycles. The predicted octanol–water partition coefficient (Wildman–Crippen LogP) is 5.53. The Morgan fingerprint density at radius 1 is 0.794 bits per heavy atom. The third kappa shape index (κ3) is 3.76. The third-order valence-corrected chi connectivity index (χ3v) is 6.41. The highest BCUT2D eigenvalue weighted by Gasteiger charge is 2.38. The molecule has 0 atom stereocenters. The van der Waals surface area contributed by atoms with Crippen LogP contribution in [0.5, 0.6) is 0 Å². The Morgan fingerprint density at radius 2 is 1.50 bits per heavy atom. The molecule has 34 heavy (non-hydrogen) atoms. The molecule has 4 aromatic carbocycles. The van der Waals surface area contributed by atoms with Crippen LogP contribution in [0.4, 0.5) is 11.4 Å². The second-order valence-corrected chi connectivity index (χ2v) is 8.82. The molecule has 6 nitrogen and oxygen atoms in total. The van der Waals surface area contributed by atoms with Gasteiger partial charge in [-0.25, -0.2) is 4.90 Å². The Morgan fingerprint density at radius 3 is 2.29 bits per heavy atom. The van der Waals surface area contributed by atoms with Gasteiger partial charge in [0.05, 0.1) is 22.5 Å². The van der Waals surface area contributed by atoms with E-state index in [0.29, 0.717) is 16.9 Å². The number of thiocarbonyl (C=S) groups is 1. The summed E-state index contributed by atoms with van der Waals surface area (Å²) >= 11 is 8.86. The second kappa shape index (κ2) is 8.81. The van der Waals surface area contributed by atoms with Crippen LogP contribution in [-0.4, -0.2) is 22.8 Å². The number of hydrogen-bond acceptors (Lipinski definition) is 4. The van der Waals surface area contributed by atoms with E-state index >= 15 is 0 Å². The van der Waals surface area contributed by atoms with Crippen LogP contribution in [0.25, 0.3) is 10.8 Å². The maximum absolute atomic E-state index is 13.2. The van der Waals surface area contributed by atoms with Crippen molar-refractivity contribution < 1.29 is 14.4 Å². The van der Waals surface area contributed by atoms with Crippen LogP contribution < -0.4 is 15.5 Å². The minimum Gasteiger partial charge on any atom is -0.332 e. The maximum Gasteiger partial charge on any atom is 0.268 e. The monoisotopic (exact) mass is 529 g/mol. The Labute approximate surface area is 208 Å². The first-order valence-electron chi connectivity index (χ1n) is 10.3. The number of halogens is 1. The van der Waals surface area contributed by atoms with Crippen LogP contribution in [0.2, 0.25) is 0 Å². The van der Waals surface area contributed by atoms with Gasteiger partial charge < -0.3 is 5.32 Å². The summed E-state index contributed by atoms with van der Waals surface area (Å²) in [6.45, 7) is 0. The average molecular weight is 530 g/mol. The molecular weight excluding hydrogens is 514 g/mol. The maximum atomic E-state index is 13.2. The molecule has 1 aliphatic heterocycles. The molecule has 0 spiro atoms. The minimum absolute atomic E-state index is 0.0174. The van der Waals surface area contributed by atoms with Crippen molar-refractivity contribution in [3.63, 3.8) is 0 Å². The van der Waals surface area contributed by atoms with Crippen molar-refractivity contribution in [1.29, 1.82) is 0 Å². The molecule has 0 saturated carbocycles. The average Bonchev–Trinajstić information content (AvgIpc) is 3.10. The Balaban J connectivity index is 1.40. The van der Waals surface area contributed by atoms with Crippen LogP contribution in [-0.2, 0) is 0 Å². The second-order valence-electron chi connectivity index (χ2n) is 7.56. The normalized spacial score (nSPS) is 12.6. The van der Waals surface area contributed by atoms with Crippen molar-refractivity contribution in [1.82, 2.24) is 5.32 Å². The van der Waals surface area contributed by atoms with E-state index in [-0.39, 0.29) is 22.1 Å². The minimum atomic E-state index is -0.456. The number of nitrogens with one attached hydrogen (secondary N) is 2. The number of rotatable bonds is 3. The zero-order valence-corrected chi connectivity index (χ0v) is 19.9. The fourth-order valence-corrected chi connectivity index (χ4v) is 4.70. The number of amides is 3. The summed E-state index contributed by atoms with van der Waals surface area (Å²) in [5.41, 5.74) is 1.77. The number of fused-ring (bicyclic) bond motifs is 2. The van der Waals surface area contributed by atoms with E-state index in [0.717, 1.165) is 20.1 Å². The summed E-state index contributed by atoms with van der Waals surface area (Å²) in [6.07, 6.45) is 0. The highest BCUT2D eigenvalue weighted by molar-refractivity contribution is 9.10. The largest absolute Gasteiger partial charge is 0.332 e. The molecule has 0 unspecified atom stereocenters. The molecule has 0 bridgehead atoms. The van der Waals surface area contributed by atoms with E-state index in [1.807, 2.05) is 30.3 Å². The van der Waals surface area contributed by atoms with E-state index in [2.05, 4.69) is 26.6 Å².